The van der Waals surface area contributed by atoms with Gasteiger partial charge in [0.2, 0.25) is 0 Å². The lowest BCUT2D eigenvalue weighted by atomic mass is 10.1. The molecule has 1 aromatic heterocycles. The van der Waals surface area contributed by atoms with Gasteiger partial charge in [-0.05, 0) is 53.1 Å². The zero-order valence-corrected chi connectivity index (χ0v) is 14.6. The number of aryl methyl sites for hydroxylation is 1. The van der Waals surface area contributed by atoms with E-state index in [1.54, 1.807) is 6.92 Å². The molecule has 27 heavy (non-hydrogen) atoms. The van der Waals surface area contributed by atoms with Crippen molar-refractivity contribution in [3.63, 3.8) is 0 Å². The molecule has 1 unspecified atom stereocenters. The number of ketones is 1. The second-order valence-corrected chi connectivity index (χ2v) is 6.07. The fraction of sp³-hybridized carbons (Fsp3) is 0.278. The quantitative estimate of drug-likeness (QED) is 0.454. The Morgan fingerprint density at radius 1 is 1.37 bits per heavy atom. The third-order valence-corrected chi connectivity index (χ3v) is 4.23. The largest absolute Gasteiger partial charge is 0.474 e. The Hall–Kier alpha value is -3.36. The number of nitrogens with zero attached hydrogens (tertiary/aromatic N) is 3. The van der Waals surface area contributed by atoms with Crippen molar-refractivity contribution in [3.8, 4) is 5.75 Å². The number of ether oxygens (including phenoxy) is 1. The highest BCUT2D eigenvalue weighted by Gasteiger charge is 2.39. The zero-order valence-electron chi connectivity index (χ0n) is 14.6. The predicted octanol–water partition coefficient (Wildman–Crippen LogP) is 2.82. The topological polar surface area (TPSA) is 103 Å². The first-order valence-electron chi connectivity index (χ1n) is 8.24. The number of hydrogen-bond acceptors (Lipinski definition) is 6. The Balaban J connectivity index is 1.98. The lowest BCUT2D eigenvalue weighted by molar-refractivity contribution is -0.389. The molecule has 140 valence electrons. The number of carbonyl (C=O) groups excluding carboxylic acids is 2. The summed E-state index contributed by atoms with van der Waals surface area (Å²) >= 11 is 0. The Labute approximate surface area is 153 Å². The maximum Gasteiger partial charge on any atom is 0.366 e. The molecule has 1 aliphatic rings. The van der Waals surface area contributed by atoms with Gasteiger partial charge in [0.25, 0.3) is 11.7 Å². The monoisotopic (exact) mass is 373 g/mol. The molecule has 0 N–H and O–H groups in total. The molecular formula is C18H16FN3O5. The number of amides is 1. The molecule has 0 saturated heterocycles. The highest BCUT2D eigenvalue weighted by Crippen LogP contribution is 2.34. The third-order valence-electron chi connectivity index (χ3n) is 4.23. The number of fused-ring (bicyclic) bond motifs is 1. The second kappa shape index (κ2) is 7.10. The first-order valence-corrected chi connectivity index (χ1v) is 8.24. The summed E-state index contributed by atoms with van der Waals surface area (Å²) in [6.07, 6.45) is -0.459. The lowest BCUT2D eigenvalue weighted by Gasteiger charge is -2.30. The maximum absolute atomic E-state index is 13.4. The molecule has 2 heterocycles. The lowest BCUT2D eigenvalue weighted by Crippen LogP contribution is -2.48. The fourth-order valence-corrected chi connectivity index (χ4v) is 2.76. The van der Waals surface area contributed by atoms with Crippen molar-refractivity contribution in [1.82, 2.24) is 4.98 Å². The van der Waals surface area contributed by atoms with E-state index in [0.717, 1.165) is 4.90 Å². The fourth-order valence-electron chi connectivity index (χ4n) is 2.76. The van der Waals surface area contributed by atoms with E-state index in [0.29, 0.717) is 12.0 Å². The Bertz CT molecular complexity index is 947. The van der Waals surface area contributed by atoms with Gasteiger partial charge in [0.15, 0.2) is 17.6 Å². The minimum Gasteiger partial charge on any atom is -0.474 e. The van der Waals surface area contributed by atoms with Gasteiger partial charge < -0.3 is 14.9 Å². The Morgan fingerprint density at radius 3 is 2.74 bits per heavy atom. The summed E-state index contributed by atoms with van der Waals surface area (Å²) in [5, 5.41) is 11.0. The van der Waals surface area contributed by atoms with E-state index < -0.39 is 34.4 Å². The summed E-state index contributed by atoms with van der Waals surface area (Å²) in [4.78, 5) is 40.5. The van der Waals surface area contributed by atoms with E-state index in [-0.39, 0.29) is 23.7 Å². The maximum atomic E-state index is 13.4. The average Bonchev–Trinajstić information content (AvgIpc) is 2.65. The number of aromatic nitrogens is 1. The van der Waals surface area contributed by atoms with Crippen LogP contribution in [0, 0.1) is 22.9 Å². The smallest absolute Gasteiger partial charge is 0.366 e. The van der Waals surface area contributed by atoms with Crippen LogP contribution in [0.1, 0.15) is 29.3 Å². The highest BCUT2D eigenvalue weighted by molar-refractivity contribution is 6.07. The molecule has 0 aliphatic carbocycles. The number of anilines is 1. The summed E-state index contributed by atoms with van der Waals surface area (Å²) in [6.45, 7) is 2.89. The van der Waals surface area contributed by atoms with E-state index in [1.807, 2.05) is 0 Å². The van der Waals surface area contributed by atoms with Gasteiger partial charge in [-0.25, -0.2) is 4.39 Å². The van der Waals surface area contributed by atoms with Gasteiger partial charge in [-0.2, -0.15) is 0 Å². The van der Waals surface area contributed by atoms with Gasteiger partial charge in [-0.15, -0.1) is 0 Å². The predicted molar refractivity (Wildman–Crippen MR) is 93.4 cm³/mol. The van der Waals surface area contributed by atoms with Crippen LogP contribution < -0.4 is 9.64 Å². The molecule has 1 aromatic carbocycles. The Morgan fingerprint density at radius 2 is 2.11 bits per heavy atom. The van der Waals surface area contributed by atoms with Gasteiger partial charge in [-0.3, -0.25) is 14.5 Å². The van der Waals surface area contributed by atoms with Crippen molar-refractivity contribution in [2.24, 2.45) is 0 Å². The molecule has 1 aliphatic heterocycles. The third kappa shape index (κ3) is 3.48. The molecule has 2 aromatic rings. The second-order valence-electron chi connectivity index (χ2n) is 6.07. The molecule has 0 spiro atoms. The van der Waals surface area contributed by atoms with Gasteiger partial charge >= 0.3 is 5.82 Å². The van der Waals surface area contributed by atoms with E-state index >= 15 is 0 Å². The standard InChI is InChI=1S/C18H16FN3O5/c1-3-14-18(24)21(9-13(23)11-4-5-12(19)10(2)8-11)17-15(27-14)6-7-16(20-17)22(25)26/h4-8,14H,3,9H2,1-2H3. The minimum atomic E-state index is -0.816. The molecule has 0 bridgehead atoms. The number of nitro groups is 1. The minimum absolute atomic E-state index is 0.0777. The van der Waals surface area contributed by atoms with Crippen LogP contribution in [0.4, 0.5) is 16.0 Å². The molecule has 0 radical (unpaired) electrons. The van der Waals surface area contributed by atoms with Crippen molar-refractivity contribution in [1.29, 1.82) is 0 Å². The number of carbonyl (C=O) groups is 2. The number of pyridine rings is 1. The van der Waals surface area contributed by atoms with E-state index in [9.17, 15) is 24.1 Å². The van der Waals surface area contributed by atoms with E-state index in [2.05, 4.69) is 4.98 Å². The summed E-state index contributed by atoms with van der Waals surface area (Å²) < 4.78 is 19.0. The number of Topliss-reactive ketones (excluding diaryl/α,β-unsaturated/α-hetero) is 1. The van der Waals surface area contributed by atoms with Crippen LogP contribution in [0.2, 0.25) is 0 Å². The van der Waals surface area contributed by atoms with Gasteiger partial charge in [-0.1, -0.05) is 6.92 Å². The van der Waals surface area contributed by atoms with E-state index in [4.69, 9.17) is 4.74 Å². The SMILES string of the molecule is CCC1Oc2ccc([N+](=O)[O-])nc2N(CC(=O)c2ccc(F)c(C)c2)C1=O. The van der Waals surface area contributed by atoms with Crippen molar-refractivity contribution in [2.45, 2.75) is 26.4 Å². The molecule has 0 fully saturated rings. The Kier molecular flexibility index (Phi) is 4.85. The van der Waals surface area contributed by atoms with Crippen LogP contribution in [0.15, 0.2) is 30.3 Å². The van der Waals surface area contributed by atoms with Crippen LogP contribution in [-0.4, -0.2) is 34.2 Å². The van der Waals surface area contributed by atoms with Gasteiger partial charge in [0.1, 0.15) is 5.82 Å². The van der Waals surface area contributed by atoms with Gasteiger partial charge in [0, 0.05) is 11.6 Å². The molecular weight excluding hydrogens is 357 g/mol. The van der Waals surface area contributed by atoms with Crippen LogP contribution in [0.5, 0.6) is 5.75 Å². The van der Waals surface area contributed by atoms with Crippen molar-refractivity contribution >= 4 is 23.3 Å². The van der Waals surface area contributed by atoms with Gasteiger partial charge in [0.05, 0.1) is 6.54 Å². The molecule has 9 heteroatoms. The van der Waals surface area contributed by atoms with Crippen LogP contribution in [0.3, 0.4) is 0 Å². The average molecular weight is 373 g/mol. The zero-order chi connectivity index (χ0) is 19.7. The van der Waals surface area contributed by atoms with Crippen LogP contribution >= 0.6 is 0 Å². The highest BCUT2D eigenvalue weighted by atomic mass is 19.1. The summed E-state index contributed by atoms with van der Waals surface area (Å²) in [6, 6.07) is 6.42. The number of hydrogen-bond donors (Lipinski definition) is 0. The molecule has 1 atom stereocenters. The van der Waals surface area contributed by atoms with Crippen molar-refractivity contribution in [3.05, 3.63) is 57.4 Å². The summed E-state index contributed by atoms with van der Waals surface area (Å²) in [5.41, 5.74) is 0.531. The first kappa shape index (κ1) is 18.4. The van der Waals surface area contributed by atoms with Crippen LogP contribution in [-0.2, 0) is 4.79 Å². The molecule has 1 amide bonds. The van der Waals surface area contributed by atoms with Crippen molar-refractivity contribution in [2.75, 3.05) is 11.4 Å². The number of benzene rings is 1. The summed E-state index contributed by atoms with van der Waals surface area (Å²) in [7, 11) is 0. The van der Waals surface area contributed by atoms with Crippen LogP contribution in [0.25, 0.3) is 0 Å². The summed E-state index contributed by atoms with van der Waals surface area (Å²) in [5.74, 6) is -1.74. The first-order chi connectivity index (χ1) is 12.8. The van der Waals surface area contributed by atoms with E-state index in [1.165, 1.54) is 37.3 Å². The van der Waals surface area contributed by atoms with Crippen molar-refractivity contribution < 1.29 is 23.6 Å². The number of halogens is 1. The number of rotatable bonds is 5. The molecule has 0 saturated carbocycles. The molecule has 8 nitrogen and oxygen atoms in total. The molecule has 3 rings (SSSR count). The normalized spacial score (nSPS) is 15.9.